The highest BCUT2D eigenvalue weighted by molar-refractivity contribution is 5.77. The molecule has 1 heterocycles. The lowest BCUT2D eigenvalue weighted by Crippen LogP contribution is -2.38. The molecule has 1 unspecified atom stereocenters. The van der Waals surface area contributed by atoms with E-state index in [1.807, 2.05) is 0 Å². The van der Waals surface area contributed by atoms with E-state index in [0.717, 1.165) is 25.7 Å². The maximum absolute atomic E-state index is 11.5. The number of carboxylic acids is 1. The summed E-state index contributed by atoms with van der Waals surface area (Å²) in [6.07, 6.45) is 5.12. The molecule has 116 valence electrons. The first-order valence-corrected chi connectivity index (χ1v) is 7.10. The van der Waals surface area contributed by atoms with E-state index in [0.29, 0.717) is 11.8 Å². The van der Waals surface area contributed by atoms with Crippen LogP contribution in [0.5, 0.6) is 11.8 Å². The van der Waals surface area contributed by atoms with Gasteiger partial charge in [-0.05, 0) is 18.8 Å². The summed E-state index contributed by atoms with van der Waals surface area (Å²) < 4.78 is 10.1. The van der Waals surface area contributed by atoms with Crippen LogP contribution in [-0.4, -0.2) is 41.3 Å². The number of hydrogen-bond donors (Lipinski definition) is 2. The number of anilines is 1. The number of rotatable bonds is 6. The highest BCUT2D eigenvalue weighted by Gasteiger charge is 2.30. The van der Waals surface area contributed by atoms with Crippen LogP contribution in [0.4, 0.5) is 5.95 Å². The van der Waals surface area contributed by atoms with Crippen LogP contribution in [0.25, 0.3) is 0 Å². The molecule has 0 saturated heterocycles. The van der Waals surface area contributed by atoms with Crippen molar-refractivity contribution in [3.8, 4) is 11.8 Å². The molecule has 0 amide bonds. The molecule has 21 heavy (non-hydrogen) atoms. The van der Waals surface area contributed by atoms with Gasteiger partial charge in [-0.1, -0.05) is 19.3 Å². The van der Waals surface area contributed by atoms with Gasteiger partial charge in [0.25, 0.3) is 0 Å². The number of hydrogen-bond acceptors (Lipinski definition) is 6. The SMILES string of the molecule is COc1cc(OC)nc(NC(C(=O)O)C2CCCCC2)n1. The zero-order valence-electron chi connectivity index (χ0n) is 12.3. The average molecular weight is 295 g/mol. The van der Waals surface area contributed by atoms with Crippen LogP contribution in [0, 0.1) is 5.92 Å². The third kappa shape index (κ3) is 3.96. The highest BCUT2D eigenvalue weighted by atomic mass is 16.5. The molecule has 0 radical (unpaired) electrons. The predicted octanol–water partition coefficient (Wildman–Crippen LogP) is 1.94. The molecule has 1 saturated carbocycles. The Labute approximate surface area is 123 Å². The van der Waals surface area contributed by atoms with Crippen molar-refractivity contribution in [3.05, 3.63) is 6.07 Å². The minimum absolute atomic E-state index is 0.0945. The third-order valence-corrected chi connectivity index (χ3v) is 3.77. The van der Waals surface area contributed by atoms with Crippen molar-refractivity contribution < 1.29 is 19.4 Å². The molecule has 0 spiro atoms. The molecule has 1 aromatic heterocycles. The normalized spacial score (nSPS) is 17.0. The van der Waals surface area contributed by atoms with Gasteiger partial charge in [-0.25, -0.2) is 4.79 Å². The molecule has 1 aromatic rings. The Hall–Kier alpha value is -2.05. The van der Waals surface area contributed by atoms with Crippen LogP contribution in [0.2, 0.25) is 0 Å². The van der Waals surface area contributed by atoms with Gasteiger partial charge in [-0.3, -0.25) is 0 Å². The van der Waals surface area contributed by atoms with Crippen LogP contribution in [-0.2, 0) is 4.79 Å². The first-order chi connectivity index (χ1) is 10.1. The zero-order chi connectivity index (χ0) is 15.2. The summed E-state index contributed by atoms with van der Waals surface area (Å²) in [5.74, 6) is 0.0859. The summed E-state index contributed by atoms with van der Waals surface area (Å²) in [5.41, 5.74) is 0. The molecule has 1 aliphatic carbocycles. The van der Waals surface area contributed by atoms with E-state index in [1.54, 1.807) is 6.07 Å². The number of carboxylic acid groups (broad SMARTS) is 1. The summed E-state index contributed by atoms with van der Waals surface area (Å²) in [6.45, 7) is 0. The maximum Gasteiger partial charge on any atom is 0.326 e. The summed E-state index contributed by atoms with van der Waals surface area (Å²) in [5, 5.41) is 12.4. The number of methoxy groups -OCH3 is 2. The van der Waals surface area contributed by atoms with Crippen molar-refractivity contribution >= 4 is 11.9 Å². The molecule has 1 fully saturated rings. The van der Waals surface area contributed by atoms with Crippen LogP contribution < -0.4 is 14.8 Å². The van der Waals surface area contributed by atoms with E-state index in [4.69, 9.17) is 9.47 Å². The van der Waals surface area contributed by atoms with Gasteiger partial charge in [0.1, 0.15) is 6.04 Å². The Bertz CT molecular complexity index is 467. The van der Waals surface area contributed by atoms with E-state index in [9.17, 15) is 9.90 Å². The third-order valence-electron chi connectivity index (χ3n) is 3.77. The van der Waals surface area contributed by atoms with Crippen LogP contribution in [0.3, 0.4) is 0 Å². The number of nitrogens with zero attached hydrogens (tertiary/aromatic N) is 2. The molecular formula is C14H21N3O4. The molecule has 1 aliphatic rings. The number of aromatic nitrogens is 2. The van der Waals surface area contributed by atoms with Crippen molar-refractivity contribution in [2.45, 2.75) is 38.1 Å². The maximum atomic E-state index is 11.5. The minimum Gasteiger partial charge on any atom is -0.481 e. The standard InChI is InChI=1S/C14H21N3O4/c1-20-10-8-11(21-2)16-14(15-10)17-12(13(18)19)9-6-4-3-5-7-9/h8-9,12H,3-7H2,1-2H3,(H,18,19)(H,15,16,17). The van der Waals surface area contributed by atoms with Crippen molar-refractivity contribution in [3.63, 3.8) is 0 Å². The average Bonchev–Trinajstić information content (AvgIpc) is 2.52. The summed E-state index contributed by atoms with van der Waals surface area (Å²) in [7, 11) is 2.97. The quantitative estimate of drug-likeness (QED) is 0.828. The van der Waals surface area contributed by atoms with E-state index in [2.05, 4.69) is 15.3 Å². The Morgan fingerprint density at radius 1 is 1.24 bits per heavy atom. The lowest BCUT2D eigenvalue weighted by atomic mass is 9.84. The molecule has 0 aliphatic heterocycles. The predicted molar refractivity (Wildman–Crippen MR) is 76.8 cm³/mol. The second-order valence-electron chi connectivity index (χ2n) is 5.13. The first-order valence-electron chi connectivity index (χ1n) is 7.10. The molecule has 7 heteroatoms. The highest BCUT2D eigenvalue weighted by Crippen LogP contribution is 2.28. The van der Waals surface area contributed by atoms with E-state index in [-0.39, 0.29) is 11.9 Å². The van der Waals surface area contributed by atoms with Gasteiger partial charge in [0, 0.05) is 0 Å². The summed E-state index contributed by atoms with van der Waals surface area (Å²) in [6, 6.07) is 0.851. The van der Waals surface area contributed by atoms with Gasteiger partial charge in [0.15, 0.2) is 0 Å². The van der Waals surface area contributed by atoms with Crippen LogP contribution >= 0.6 is 0 Å². The van der Waals surface area contributed by atoms with Crippen molar-refractivity contribution in [2.75, 3.05) is 19.5 Å². The van der Waals surface area contributed by atoms with E-state index in [1.165, 1.54) is 20.6 Å². The lowest BCUT2D eigenvalue weighted by Gasteiger charge is -2.28. The molecule has 0 aromatic carbocycles. The molecule has 7 nitrogen and oxygen atoms in total. The van der Waals surface area contributed by atoms with Crippen LogP contribution in [0.15, 0.2) is 6.07 Å². The van der Waals surface area contributed by atoms with Crippen LogP contribution in [0.1, 0.15) is 32.1 Å². The van der Waals surface area contributed by atoms with Crippen molar-refractivity contribution in [1.82, 2.24) is 9.97 Å². The minimum atomic E-state index is -0.882. The Kier molecular flexibility index (Phi) is 5.19. The fourth-order valence-corrected chi connectivity index (χ4v) is 2.67. The molecule has 1 atom stereocenters. The fraction of sp³-hybridized carbons (Fsp3) is 0.643. The topological polar surface area (TPSA) is 93.6 Å². The number of carbonyl (C=O) groups is 1. The first kappa shape index (κ1) is 15.3. The van der Waals surface area contributed by atoms with Gasteiger partial charge in [0.05, 0.1) is 20.3 Å². The largest absolute Gasteiger partial charge is 0.481 e. The second-order valence-corrected chi connectivity index (χ2v) is 5.13. The fourth-order valence-electron chi connectivity index (χ4n) is 2.67. The lowest BCUT2D eigenvalue weighted by molar-refractivity contribution is -0.139. The van der Waals surface area contributed by atoms with Gasteiger partial charge >= 0.3 is 5.97 Å². The van der Waals surface area contributed by atoms with Gasteiger partial charge < -0.3 is 19.9 Å². The monoisotopic (exact) mass is 295 g/mol. The molecule has 2 rings (SSSR count). The summed E-state index contributed by atoms with van der Waals surface area (Å²) >= 11 is 0. The van der Waals surface area contributed by atoms with E-state index < -0.39 is 12.0 Å². The Balaban J connectivity index is 2.17. The number of aliphatic carboxylic acids is 1. The zero-order valence-corrected chi connectivity index (χ0v) is 12.3. The Morgan fingerprint density at radius 3 is 2.29 bits per heavy atom. The molecular weight excluding hydrogens is 274 g/mol. The molecule has 2 N–H and O–H groups in total. The van der Waals surface area contributed by atoms with Gasteiger partial charge in [-0.15, -0.1) is 0 Å². The van der Waals surface area contributed by atoms with Gasteiger partial charge in [0.2, 0.25) is 17.7 Å². The summed E-state index contributed by atoms with van der Waals surface area (Å²) in [4.78, 5) is 19.8. The number of ether oxygens (including phenoxy) is 2. The molecule has 0 bridgehead atoms. The van der Waals surface area contributed by atoms with Crippen molar-refractivity contribution in [2.24, 2.45) is 5.92 Å². The van der Waals surface area contributed by atoms with Crippen molar-refractivity contribution in [1.29, 1.82) is 0 Å². The smallest absolute Gasteiger partial charge is 0.326 e. The number of nitrogens with one attached hydrogen (secondary N) is 1. The Morgan fingerprint density at radius 2 is 1.81 bits per heavy atom. The van der Waals surface area contributed by atoms with Gasteiger partial charge in [-0.2, -0.15) is 9.97 Å². The second kappa shape index (κ2) is 7.10. The van der Waals surface area contributed by atoms with E-state index >= 15 is 0 Å².